The van der Waals surface area contributed by atoms with Crippen molar-refractivity contribution >= 4 is 29.0 Å². The van der Waals surface area contributed by atoms with Gasteiger partial charge in [-0.1, -0.05) is 23.5 Å². The topological polar surface area (TPSA) is 75.6 Å². The number of nitrogens with zero attached hydrogens (tertiary/aromatic N) is 4. The van der Waals surface area contributed by atoms with Crippen LogP contribution in [0.3, 0.4) is 0 Å². The van der Waals surface area contributed by atoms with E-state index in [1.54, 1.807) is 16.9 Å². The number of carbonyl (C=O) groups excluding carboxylic acids is 2. The Kier molecular flexibility index (Phi) is 4.98. The molecule has 0 saturated carbocycles. The van der Waals surface area contributed by atoms with Crippen LogP contribution in [-0.2, 0) is 11.2 Å². The van der Waals surface area contributed by atoms with Gasteiger partial charge in [0.2, 0.25) is 5.91 Å². The second-order valence-electron chi connectivity index (χ2n) is 5.86. The maximum Gasteiger partial charge on any atom is 0.268 e. The first-order valence-corrected chi connectivity index (χ1v) is 8.89. The van der Waals surface area contributed by atoms with Crippen LogP contribution in [-0.4, -0.2) is 52.5 Å². The normalized spacial score (nSPS) is 17.7. The Bertz CT molecular complexity index is 792. The standard InChI is InChI=1S/C17H20N4O3S/c1-4-12-16(25-19-18-12)17(23)20-10-15(22)21(9-11(20)2)13-7-5-6-8-14(13)24-3/h5-8,11H,4,9-10H2,1-3H3. The number of aryl methyl sites for hydroxylation is 1. The molecule has 1 aromatic heterocycles. The molecule has 1 atom stereocenters. The second kappa shape index (κ2) is 7.18. The Morgan fingerprint density at radius 2 is 2.16 bits per heavy atom. The fourth-order valence-corrected chi connectivity index (χ4v) is 3.65. The van der Waals surface area contributed by atoms with Crippen molar-refractivity contribution in [2.24, 2.45) is 0 Å². The van der Waals surface area contributed by atoms with E-state index in [4.69, 9.17) is 4.74 Å². The van der Waals surface area contributed by atoms with Gasteiger partial charge < -0.3 is 14.5 Å². The van der Waals surface area contributed by atoms with Crippen molar-refractivity contribution in [3.05, 3.63) is 34.8 Å². The van der Waals surface area contributed by atoms with E-state index in [1.807, 2.05) is 38.1 Å². The van der Waals surface area contributed by atoms with Gasteiger partial charge in [-0.3, -0.25) is 9.59 Å². The highest BCUT2D eigenvalue weighted by Gasteiger charge is 2.36. The molecule has 0 N–H and O–H groups in total. The van der Waals surface area contributed by atoms with Crippen molar-refractivity contribution in [1.29, 1.82) is 0 Å². The van der Waals surface area contributed by atoms with Crippen molar-refractivity contribution in [2.45, 2.75) is 26.3 Å². The van der Waals surface area contributed by atoms with E-state index >= 15 is 0 Å². The van der Waals surface area contributed by atoms with Crippen LogP contribution in [0, 0.1) is 0 Å². The van der Waals surface area contributed by atoms with Crippen molar-refractivity contribution in [2.75, 3.05) is 25.1 Å². The Morgan fingerprint density at radius 3 is 2.88 bits per heavy atom. The molecule has 0 bridgehead atoms. The van der Waals surface area contributed by atoms with Gasteiger partial charge in [0.15, 0.2) is 0 Å². The van der Waals surface area contributed by atoms with Gasteiger partial charge in [-0.15, -0.1) is 5.10 Å². The summed E-state index contributed by atoms with van der Waals surface area (Å²) in [6.45, 7) is 4.31. The van der Waals surface area contributed by atoms with E-state index in [0.29, 0.717) is 29.3 Å². The number of para-hydroxylation sites is 2. The van der Waals surface area contributed by atoms with Gasteiger partial charge in [0.1, 0.15) is 17.2 Å². The van der Waals surface area contributed by atoms with Crippen molar-refractivity contribution in [3.63, 3.8) is 0 Å². The van der Waals surface area contributed by atoms with Gasteiger partial charge in [0, 0.05) is 12.6 Å². The molecule has 2 heterocycles. The van der Waals surface area contributed by atoms with Crippen LogP contribution in [0.4, 0.5) is 5.69 Å². The predicted molar refractivity (Wildman–Crippen MR) is 95.1 cm³/mol. The van der Waals surface area contributed by atoms with Crippen LogP contribution >= 0.6 is 11.5 Å². The number of piperazine rings is 1. The molecule has 1 aromatic carbocycles. The highest BCUT2D eigenvalue weighted by atomic mass is 32.1. The molecular weight excluding hydrogens is 340 g/mol. The first-order chi connectivity index (χ1) is 12.1. The predicted octanol–water partition coefficient (Wildman–Crippen LogP) is 1.99. The number of methoxy groups -OCH3 is 1. The SMILES string of the molecule is CCc1nnsc1C(=O)N1CC(=O)N(c2ccccc2OC)CC1C. The molecule has 1 aliphatic heterocycles. The van der Waals surface area contributed by atoms with Crippen LogP contribution < -0.4 is 9.64 Å². The van der Waals surface area contributed by atoms with Crippen molar-refractivity contribution < 1.29 is 14.3 Å². The van der Waals surface area contributed by atoms with E-state index in [2.05, 4.69) is 9.59 Å². The molecule has 1 saturated heterocycles. The summed E-state index contributed by atoms with van der Waals surface area (Å²) >= 11 is 1.09. The zero-order valence-electron chi connectivity index (χ0n) is 14.4. The average molecular weight is 360 g/mol. The molecule has 0 spiro atoms. The minimum Gasteiger partial charge on any atom is -0.495 e. The van der Waals surface area contributed by atoms with Crippen LogP contribution in [0.5, 0.6) is 5.75 Å². The molecule has 132 valence electrons. The number of rotatable bonds is 4. The molecule has 1 aliphatic rings. The molecule has 3 rings (SSSR count). The molecule has 0 radical (unpaired) electrons. The lowest BCUT2D eigenvalue weighted by molar-refractivity contribution is -0.121. The molecule has 2 amide bonds. The first kappa shape index (κ1) is 17.3. The largest absolute Gasteiger partial charge is 0.495 e. The maximum atomic E-state index is 12.8. The third kappa shape index (κ3) is 3.21. The van der Waals surface area contributed by atoms with Crippen molar-refractivity contribution in [3.8, 4) is 5.75 Å². The Labute approximate surface area is 150 Å². The van der Waals surface area contributed by atoms with Gasteiger partial charge in [-0.2, -0.15) is 0 Å². The van der Waals surface area contributed by atoms with Crippen LogP contribution in [0.1, 0.15) is 29.2 Å². The average Bonchev–Trinajstić information content (AvgIpc) is 3.11. The number of ether oxygens (including phenoxy) is 1. The molecule has 1 fully saturated rings. The van der Waals surface area contributed by atoms with E-state index in [1.165, 1.54) is 0 Å². The summed E-state index contributed by atoms with van der Waals surface area (Å²) < 4.78 is 9.23. The van der Waals surface area contributed by atoms with Crippen LogP contribution in [0.15, 0.2) is 24.3 Å². The number of anilines is 1. The Balaban J connectivity index is 1.83. The summed E-state index contributed by atoms with van der Waals surface area (Å²) in [6, 6.07) is 7.27. The summed E-state index contributed by atoms with van der Waals surface area (Å²) in [6.07, 6.45) is 0.640. The number of aromatic nitrogens is 2. The highest BCUT2D eigenvalue weighted by molar-refractivity contribution is 7.08. The number of benzene rings is 1. The minimum absolute atomic E-state index is 0.0269. The van der Waals surface area contributed by atoms with Crippen LogP contribution in [0.2, 0.25) is 0 Å². The summed E-state index contributed by atoms with van der Waals surface area (Å²) in [4.78, 5) is 29.3. The number of hydrogen-bond donors (Lipinski definition) is 0. The Hall–Kier alpha value is -2.48. The van der Waals surface area contributed by atoms with Crippen LogP contribution in [0.25, 0.3) is 0 Å². The molecule has 2 aromatic rings. The fraction of sp³-hybridized carbons (Fsp3) is 0.412. The second-order valence-corrected chi connectivity index (χ2v) is 6.61. The maximum absolute atomic E-state index is 12.8. The minimum atomic E-state index is -0.174. The van der Waals surface area contributed by atoms with Gasteiger partial charge in [-0.25, -0.2) is 0 Å². The summed E-state index contributed by atoms with van der Waals surface area (Å²) in [5.41, 5.74) is 1.41. The van der Waals surface area contributed by atoms with Crippen molar-refractivity contribution in [1.82, 2.24) is 14.5 Å². The first-order valence-electron chi connectivity index (χ1n) is 8.12. The third-order valence-corrected chi connectivity index (χ3v) is 5.06. The molecule has 25 heavy (non-hydrogen) atoms. The van der Waals surface area contributed by atoms with E-state index in [9.17, 15) is 9.59 Å². The number of amides is 2. The molecule has 1 unspecified atom stereocenters. The smallest absolute Gasteiger partial charge is 0.268 e. The zero-order chi connectivity index (χ0) is 18.0. The van der Waals surface area contributed by atoms with Gasteiger partial charge >= 0.3 is 0 Å². The quantitative estimate of drug-likeness (QED) is 0.833. The van der Waals surface area contributed by atoms with E-state index < -0.39 is 0 Å². The molecular formula is C17H20N4O3S. The summed E-state index contributed by atoms with van der Waals surface area (Å²) in [7, 11) is 1.58. The third-order valence-electron chi connectivity index (χ3n) is 4.31. The van der Waals surface area contributed by atoms with E-state index in [0.717, 1.165) is 17.2 Å². The lowest BCUT2D eigenvalue weighted by atomic mass is 10.1. The van der Waals surface area contributed by atoms with Gasteiger partial charge in [0.25, 0.3) is 5.91 Å². The van der Waals surface area contributed by atoms with Gasteiger partial charge in [-0.05, 0) is 37.0 Å². The highest BCUT2D eigenvalue weighted by Crippen LogP contribution is 2.30. The summed E-state index contributed by atoms with van der Waals surface area (Å²) in [5, 5.41) is 3.99. The lowest BCUT2D eigenvalue weighted by Crippen LogP contribution is -2.57. The molecule has 7 nitrogen and oxygen atoms in total. The fourth-order valence-electron chi connectivity index (χ4n) is 2.94. The summed E-state index contributed by atoms with van der Waals surface area (Å²) in [5.74, 6) is 0.335. The monoisotopic (exact) mass is 360 g/mol. The molecule has 8 heteroatoms. The zero-order valence-corrected chi connectivity index (χ0v) is 15.2. The number of carbonyl (C=O) groups is 2. The molecule has 0 aliphatic carbocycles. The number of hydrogen-bond acceptors (Lipinski definition) is 6. The Morgan fingerprint density at radius 1 is 1.40 bits per heavy atom. The van der Waals surface area contributed by atoms with E-state index in [-0.39, 0.29) is 24.4 Å². The lowest BCUT2D eigenvalue weighted by Gasteiger charge is -2.39. The van der Waals surface area contributed by atoms with Gasteiger partial charge in [0.05, 0.1) is 18.5 Å².